The molecule has 0 saturated carbocycles. The Morgan fingerprint density at radius 2 is 0.357 bits per heavy atom. The lowest BCUT2D eigenvalue weighted by atomic mass is 10.0. The van der Waals surface area contributed by atoms with Gasteiger partial charge in [0.25, 0.3) is 0 Å². The van der Waals surface area contributed by atoms with Gasteiger partial charge in [0.1, 0.15) is 0 Å². The lowest BCUT2D eigenvalue weighted by Crippen LogP contribution is -2.08. The fourth-order valence-electron chi connectivity index (χ4n) is 7.59. The maximum atomic E-state index is 5.43. The fourth-order valence-corrected chi connectivity index (χ4v) is 11.7. The van der Waals surface area contributed by atoms with Crippen LogP contribution < -0.4 is 0 Å². The van der Waals surface area contributed by atoms with E-state index in [9.17, 15) is 0 Å². The molecule has 520 valence electrons. The topological polar surface area (TPSA) is 18.5 Å². The number of unbranched alkanes of at least 4 members (excludes halogenated alkanes) is 3. The van der Waals surface area contributed by atoms with Crippen LogP contribution in [0.5, 0.6) is 0 Å². The maximum absolute atomic E-state index is 5.43. The van der Waals surface area contributed by atoms with Crippen LogP contribution in [0, 0.1) is 94.7 Å². The van der Waals surface area contributed by atoms with Gasteiger partial charge in [-0.25, -0.2) is 0 Å². The molecule has 0 radical (unpaired) electrons. The molecule has 0 saturated heterocycles. The second-order valence-corrected chi connectivity index (χ2v) is 35.4. The molecule has 0 aliphatic carbocycles. The van der Waals surface area contributed by atoms with Crippen molar-refractivity contribution in [2.45, 2.75) is 356 Å². The summed E-state index contributed by atoms with van der Waals surface area (Å²) in [5, 5.41) is 0. The first-order valence-corrected chi connectivity index (χ1v) is 40.4. The molecule has 0 amide bonds. The van der Waals surface area contributed by atoms with Crippen molar-refractivity contribution in [2.24, 2.45) is 94.7 Å². The standard InChI is InChI=1S/C12H26O2.C12H26S2.C11H24.C10H22S.C10H22.C9H20.C8H18.C7H16/c2*1-11(2)5-7-13-9-10-14-8-6-12(3)4;1-10(2)8-6-5-7-9-11(3)4;1-9(2)5-7-11-8-6-10(3)4;1-9(2)7-5-6-8-10(3)4;1-8(2)6-5-7-9(3)4;1-7(2)5-6-8(3)4;1-6(2)5-7(3)4/h2*11-12H,5-10H2,1-4H3;10-11H,5-9H2,1-4H3;9-10H,5-8H2,1-4H3;9-10H,5-8H2,1-4H3;8-9H,5-7H2,1-4H3;7-8H,5-6H2,1-4H3;6-7H,5H2,1-4H3. The monoisotopic (exact) mass is 1250 g/mol. The number of thioether (sulfide) groups is 3. The van der Waals surface area contributed by atoms with Gasteiger partial charge >= 0.3 is 0 Å². The predicted molar refractivity (Wildman–Crippen MR) is 408 cm³/mol. The van der Waals surface area contributed by atoms with Crippen molar-refractivity contribution in [1.82, 2.24) is 0 Å². The minimum Gasteiger partial charge on any atom is -0.379 e. The summed E-state index contributed by atoms with van der Waals surface area (Å²) in [6.07, 6.45) is 29.0. The van der Waals surface area contributed by atoms with E-state index in [1.807, 2.05) is 0 Å². The summed E-state index contributed by atoms with van der Waals surface area (Å²) in [5.41, 5.74) is 0. The van der Waals surface area contributed by atoms with Gasteiger partial charge in [0, 0.05) is 24.7 Å². The Balaban J connectivity index is -0.000000132. The quantitative estimate of drug-likeness (QED) is 0.0564. The lowest BCUT2D eigenvalue weighted by molar-refractivity contribution is 0.0405. The first-order valence-electron chi connectivity index (χ1n) is 36.9. The summed E-state index contributed by atoms with van der Waals surface area (Å²) in [7, 11) is 0. The summed E-state index contributed by atoms with van der Waals surface area (Å²) in [6, 6.07) is 0. The van der Waals surface area contributed by atoms with E-state index >= 15 is 0 Å². The zero-order valence-electron chi connectivity index (χ0n) is 65.2. The van der Waals surface area contributed by atoms with Crippen LogP contribution in [-0.2, 0) is 9.47 Å². The van der Waals surface area contributed by atoms with Crippen LogP contribution in [0.4, 0.5) is 0 Å². The molecular weight excluding hydrogens is 1080 g/mol. The van der Waals surface area contributed by atoms with Gasteiger partial charge in [-0.2, -0.15) is 35.3 Å². The first kappa shape index (κ1) is 101. The Labute approximate surface area is 553 Å². The van der Waals surface area contributed by atoms with E-state index in [0.29, 0.717) is 0 Å². The van der Waals surface area contributed by atoms with E-state index < -0.39 is 0 Å². The second-order valence-electron chi connectivity index (χ2n) is 31.8. The number of hydrogen-bond donors (Lipinski definition) is 0. The molecule has 5 heteroatoms. The van der Waals surface area contributed by atoms with E-state index in [4.69, 9.17) is 9.47 Å². The highest BCUT2D eigenvalue weighted by molar-refractivity contribution is 8.02. The van der Waals surface area contributed by atoms with Crippen LogP contribution in [0.2, 0.25) is 0 Å². The van der Waals surface area contributed by atoms with Crippen LogP contribution in [0.25, 0.3) is 0 Å². The molecule has 0 aliphatic rings. The predicted octanol–water partition coefficient (Wildman–Crippen LogP) is 28.8. The van der Waals surface area contributed by atoms with E-state index in [1.165, 1.54) is 157 Å². The largest absolute Gasteiger partial charge is 0.379 e. The molecule has 0 spiro atoms. The van der Waals surface area contributed by atoms with Gasteiger partial charge in [0.05, 0.1) is 13.2 Å². The molecule has 0 heterocycles. The number of ether oxygens (including phenoxy) is 2. The summed E-state index contributed by atoms with van der Waals surface area (Å²) >= 11 is 6.35. The molecule has 0 N–H and O–H groups in total. The Morgan fingerprint density at radius 1 is 0.167 bits per heavy atom. The van der Waals surface area contributed by atoms with E-state index in [1.54, 1.807) is 0 Å². The summed E-state index contributed by atoms with van der Waals surface area (Å²) < 4.78 is 10.9. The van der Waals surface area contributed by atoms with Gasteiger partial charge < -0.3 is 9.47 Å². The maximum Gasteiger partial charge on any atom is 0.0700 e. The van der Waals surface area contributed by atoms with E-state index in [0.717, 1.165) is 134 Å². The molecule has 0 bridgehead atoms. The number of hydrogen-bond acceptors (Lipinski definition) is 5. The molecular formula is C79H174O2S3. The smallest absolute Gasteiger partial charge is 0.0700 e. The minimum absolute atomic E-state index is 0.733. The summed E-state index contributed by atoms with van der Waals surface area (Å²) in [6.45, 7) is 76.2. The first-order chi connectivity index (χ1) is 39.0. The third-order valence-electron chi connectivity index (χ3n) is 13.5. The normalized spacial score (nSPS) is 11.4. The Morgan fingerprint density at radius 3 is 0.548 bits per heavy atom. The zero-order valence-corrected chi connectivity index (χ0v) is 67.6. The van der Waals surface area contributed by atoms with Crippen LogP contribution in [0.1, 0.15) is 356 Å². The molecule has 0 unspecified atom stereocenters. The van der Waals surface area contributed by atoms with Gasteiger partial charge in [0.2, 0.25) is 0 Å². The highest BCUT2D eigenvalue weighted by Crippen LogP contribution is 2.17. The van der Waals surface area contributed by atoms with Crippen molar-refractivity contribution in [3.8, 4) is 0 Å². The molecule has 0 aromatic carbocycles. The minimum atomic E-state index is 0.733. The van der Waals surface area contributed by atoms with Crippen LogP contribution in [0.3, 0.4) is 0 Å². The average molecular weight is 1250 g/mol. The van der Waals surface area contributed by atoms with Gasteiger partial charge in [0.15, 0.2) is 0 Å². The highest BCUT2D eigenvalue weighted by atomic mass is 32.2. The van der Waals surface area contributed by atoms with Crippen molar-refractivity contribution >= 4 is 35.3 Å². The van der Waals surface area contributed by atoms with Crippen molar-refractivity contribution in [3.63, 3.8) is 0 Å². The van der Waals surface area contributed by atoms with Crippen molar-refractivity contribution in [2.75, 3.05) is 60.9 Å². The van der Waals surface area contributed by atoms with E-state index in [-0.39, 0.29) is 0 Å². The van der Waals surface area contributed by atoms with Crippen molar-refractivity contribution in [1.29, 1.82) is 0 Å². The molecule has 0 aromatic heterocycles. The molecule has 0 fully saturated rings. The second kappa shape index (κ2) is 80.1. The molecule has 2 nitrogen and oxygen atoms in total. The van der Waals surface area contributed by atoms with E-state index in [2.05, 4.69) is 257 Å². The van der Waals surface area contributed by atoms with Crippen molar-refractivity contribution < 1.29 is 9.47 Å². The zero-order chi connectivity index (χ0) is 66.7. The summed E-state index contributed by atoms with van der Waals surface area (Å²) in [5.74, 6) is 21.9. The van der Waals surface area contributed by atoms with Crippen LogP contribution >= 0.6 is 35.3 Å². The lowest BCUT2D eigenvalue weighted by Gasteiger charge is -2.08. The van der Waals surface area contributed by atoms with Crippen molar-refractivity contribution in [3.05, 3.63) is 0 Å². The third kappa shape index (κ3) is 150. The van der Waals surface area contributed by atoms with Gasteiger partial charge in [-0.05, 0) is 163 Å². The molecule has 0 aliphatic heterocycles. The summed E-state index contributed by atoms with van der Waals surface area (Å²) in [4.78, 5) is 0. The van der Waals surface area contributed by atoms with Gasteiger partial charge in [-0.15, -0.1) is 0 Å². The molecule has 0 aromatic rings. The molecule has 0 rings (SSSR count). The van der Waals surface area contributed by atoms with Gasteiger partial charge in [-0.3, -0.25) is 0 Å². The van der Waals surface area contributed by atoms with Gasteiger partial charge in [-0.1, -0.05) is 311 Å². The highest BCUT2D eigenvalue weighted by Gasteiger charge is 2.02. The average Bonchev–Trinajstić information content (AvgIpc) is 3.33. The Kier molecular flexibility index (Phi) is 96.4. The third-order valence-corrected chi connectivity index (χ3v) is 16.8. The molecule has 84 heavy (non-hydrogen) atoms. The Hall–Kier alpha value is 0.970. The Bertz CT molecular complexity index is 944. The number of rotatable bonds is 44. The SMILES string of the molecule is CC(C)CC(C)C.CC(C)CCC(C)C.CC(C)CCCC(C)C.CC(C)CCCCC(C)C.CC(C)CCCCCC(C)C.CC(C)CCOCCOCCC(C)C.CC(C)CCSCCC(C)C.CC(C)CCSCCSCCC(C)C. The van der Waals surface area contributed by atoms with Crippen LogP contribution in [-0.4, -0.2) is 60.9 Å². The van der Waals surface area contributed by atoms with Crippen LogP contribution in [0.15, 0.2) is 0 Å². The molecule has 0 atom stereocenters. The fraction of sp³-hybridized carbons (Fsp3) is 1.00.